The minimum Gasteiger partial charge on any atom is -0.298 e. The molecule has 2 saturated carbocycles. The summed E-state index contributed by atoms with van der Waals surface area (Å²) in [6, 6.07) is 5.06. The standard InChI is InChI=1S/C16H15ClO3/c1-8-2-5-11(12(17)6-8)16(20)13-14(18)9-3-4-10(7-9)15(13)19/h2,5-6,9-10,13H,3-4,7H2,1H3. The van der Waals surface area contributed by atoms with E-state index in [9.17, 15) is 14.4 Å². The van der Waals surface area contributed by atoms with Crippen LogP contribution in [-0.4, -0.2) is 17.3 Å². The Hall–Kier alpha value is -1.48. The Morgan fingerprint density at radius 3 is 2.30 bits per heavy atom. The van der Waals surface area contributed by atoms with Crippen molar-refractivity contribution in [1.82, 2.24) is 0 Å². The van der Waals surface area contributed by atoms with Gasteiger partial charge in [-0.05, 0) is 43.9 Å². The maximum Gasteiger partial charge on any atom is 0.182 e. The molecule has 2 fully saturated rings. The number of benzene rings is 1. The van der Waals surface area contributed by atoms with Gasteiger partial charge in [0, 0.05) is 17.4 Å². The molecule has 0 amide bonds. The highest BCUT2D eigenvalue weighted by Gasteiger charge is 2.50. The normalized spacial score (nSPS) is 28.8. The molecule has 4 heteroatoms. The monoisotopic (exact) mass is 290 g/mol. The number of aryl methyl sites for hydroxylation is 1. The van der Waals surface area contributed by atoms with Crippen molar-refractivity contribution in [2.24, 2.45) is 17.8 Å². The van der Waals surface area contributed by atoms with E-state index in [1.54, 1.807) is 18.2 Å². The summed E-state index contributed by atoms with van der Waals surface area (Å²) < 4.78 is 0. The Kier molecular flexibility index (Phi) is 3.25. The zero-order valence-corrected chi connectivity index (χ0v) is 11.9. The van der Waals surface area contributed by atoms with E-state index in [2.05, 4.69) is 0 Å². The summed E-state index contributed by atoms with van der Waals surface area (Å²) in [5.41, 5.74) is 1.22. The van der Waals surface area contributed by atoms with E-state index in [0.717, 1.165) is 18.4 Å². The maximum atomic E-state index is 12.5. The van der Waals surface area contributed by atoms with Gasteiger partial charge in [0.05, 0.1) is 5.02 Å². The third-order valence-corrected chi connectivity index (χ3v) is 4.77. The van der Waals surface area contributed by atoms with Crippen LogP contribution in [0.2, 0.25) is 5.02 Å². The van der Waals surface area contributed by atoms with Gasteiger partial charge in [0.2, 0.25) is 0 Å². The number of halogens is 1. The first-order chi connectivity index (χ1) is 9.49. The Balaban J connectivity index is 1.97. The van der Waals surface area contributed by atoms with E-state index in [-0.39, 0.29) is 29.0 Å². The number of hydrogen-bond donors (Lipinski definition) is 0. The van der Waals surface area contributed by atoms with Gasteiger partial charge in [-0.2, -0.15) is 0 Å². The summed E-state index contributed by atoms with van der Waals surface area (Å²) >= 11 is 6.08. The van der Waals surface area contributed by atoms with E-state index in [4.69, 9.17) is 11.6 Å². The molecule has 104 valence electrons. The van der Waals surface area contributed by atoms with Gasteiger partial charge in [-0.3, -0.25) is 14.4 Å². The van der Waals surface area contributed by atoms with Crippen LogP contribution in [0.15, 0.2) is 18.2 Å². The lowest BCUT2D eigenvalue weighted by Crippen LogP contribution is -2.41. The molecule has 0 aromatic heterocycles. The molecule has 0 saturated heterocycles. The molecule has 3 rings (SSSR count). The van der Waals surface area contributed by atoms with E-state index in [0.29, 0.717) is 11.4 Å². The maximum absolute atomic E-state index is 12.5. The molecular formula is C16H15ClO3. The number of fused-ring (bicyclic) bond motifs is 2. The molecule has 0 heterocycles. The molecule has 2 aliphatic carbocycles. The molecule has 1 aromatic rings. The Morgan fingerprint density at radius 1 is 1.15 bits per heavy atom. The van der Waals surface area contributed by atoms with Crippen LogP contribution < -0.4 is 0 Å². The zero-order valence-electron chi connectivity index (χ0n) is 11.2. The lowest BCUT2D eigenvalue weighted by atomic mass is 9.75. The minimum absolute atomic E-state index is 0.115. The van der Waals surface area contributed by atoms with Gasteiger partial charge in [0.25, 0.3) is 0 Å². The van der Waals surface area contributed by atoms with E-state index < -0.39 is 11.7 Å². The molecule has 3 nitrogen and oxygen atoms in total. The van der Waals surface area contributed by atoms with Crippen molar-refractivity contribution in [3.63, 3.8) is 0 Å². The first-order valence-corrected chi connectivity index (χ1v) is 7.24. The average molecular weight is 291 g/mol. The third kappa shape index (κ3) is 2.01. The summed E-state index contributed by atoms with van der Waals surface area (Å²) in [5, 5.41) is 0.313. The molecule has 2 bridgehead atoms. The van der Waals surface area contributed by atoms with E-state index >= 15 is 0 Å². The molecule has 20 heavy (non-hydrogen) atoms. The average Bonchev–Trinajstić information content (AvgIpc) is 2.83. The Labute approximate surface area is 122 Å². The predicted molar refractivity (Wildman–Crippen MR) is 74.9 cm³/mol. The molecule has 0 spiro atoms. The second-order valence-electron chi connectivity index (χ2n) is 5.79. The van der Waals surface area contributed by atoms with Crippen molar-refractivity contribution in [3.8, 4) is 0 Å². The van der Waals surface area contributed by atoms with Gasteiger partial charge in [0.15, 0.2) is 17.3 Å². The van der Waals surface area contributed by atoms with Crippen LogP contribution in [0.4, 0.5) is 0 Å². The Morgan fingerprint density at radius 2 is 1.75 bits per heavy atom. The van der Waals surface area contributed by atoms with Gasteiger partial charge < -0.3 is 0 Å². The fraction of sp³-hybridized carbons (Fsp3) is 0.438. The summed E-state index contributed by atoms with van der Waals surface area (Å²) in [4.78, 5) is 37.1. The van der Waals surface area contributed by atoms with Gasteiger partial charge >= 0.3 is 0 Å². The number of carbonyl (C=O) groups excluding carboxylic acids is 3. The molecule has 2 atom stereocenters. The summed E-state index contributed by atoms with van der Waals surface area (Å²) in [7, 11) is 0. The van der Waals surface area contributed by atoms with Crippen LogP contribution in [0.5, 0.6) is 0 Å². The highest BCUT2D eigenvalue weighted by atomic mass is 35.5. The van der Waals surface area contributed by atoms with E-state index in [1.807, 2.05) is 6.92 Å². The van der Waals surface area contributed by atoms with Crippen LogP contribution in [0.25, 0.3) is 0 Å². The molecule has 0 aliphatic heterocycles. The van der Waals surface area contributed by atoms with Crippen LogP contribution in [0.1, 0.15) is 35.2 Å². The second kappa shape index (κ2) is 4.81. The minimum atomic E-state index is -1.12. The van der Waals surface area contributed by atoms with Gasteiger partial charge in [-0.15, -0.1) is 0 Å². The SMILES string of the molecule is Cc1ccc(C(=O)C2C(=O)C3CCC(C3)C2=O)c(Cl)c1. The largest absolute Gasteiger partial charge is 0.298 e. The summed E-state index contributed by atoms with van der Waals surface area (Å²) in [6.45, 7) is 1.87. The quantitative estimate of drug-likeness (QED) is 0.621. The fourth-order valence-corrected chi connectivity index (χ4v) is 3.67. The van der Waals surface area contributed by atoms with Crippen molar-refractivity contribution < 1.29 is 14.4 Å². The van der Waals surface area contributed by atoms with Crippen LogP contribution in [0, 0.1) is 24.7 Å². The topological polar surface area (TPSA) is 51.2 Å². The van der Waals surface area contributed by atoms with E-state index in [1.165, 1.54) is 0 Å². The molecule has 0 N–H and O–H groups in total. The second-order valence-corrected chi connectivity index (χ2v) is 6.20. The number of hydrogen-bond acceptors (Lipinski definition) is 3. The summed E-state index contributed by atoms with van der Waals surface area (Å²) in [5.74, 6) is -2.19. The molecular weight excluding hydrogens is 276 g/mol. The lowest BCUT2D eigenvalue weighted by molar-refractivity contribution is -0.137. The molecule has 2 unspecified atom stereocenters. The number of rotatable bonds is 2. The highest BCUT2D eigenvalue weighted by molar-refractivity contribution is 6.36. The van der Waals surface area contributed by atoms with Crippen molar-refractivity contribution in [3.05, 3.63) is 34.3 Å². The smallest absolute Gasteiger partial charge is 0.182 e. The van der Waals surface area contributed by atoms with Crippen molar-refractivity contribution in [1.29, 1.82) is 0 Å². The first kappa shape index (κ1) is 13.5. The lowest BCUT2D eigenvalue weighted by Gasteiger charge is -2.24. The Bertz CT molecular complexity index is 598. The van der Waals surface area contributed by atoms with Crippen molar-refractivity contribution in [2.45, 2.75) is 26.2 Å². The summed E-state index contributed by atoms with van der Waals surface area (Å²) in [6.07, 6.45) is 2.10. The molecule has 0 radical (unpaired) electrons. The fourth-order valence-electron chi connectivity index (χ4n) is 3.34. The molecule has 2 aliphatic rings. The predicted octanol–water partition coefficient (Wildman–Crippen LogP) is 3.02. The van der Waals surface area contributed by atoms with Gasteiger partial charge in [-0.25, -0.2) is 0 Å². The van der Waals surface area contributed by atoms with Crippen LogP contribution in [-0.2, 0) is 9.59 Å². The highest BCUT2D eigenvalue weighted by Crippen LogP contribution is 2.41. The number of ketones is 3. The third-order valence-electron chi connectivity index (χ3n) is 4.46. The number of Topliss-reactive ketones (excluding diaryl/α,β-unsaturated/α-hetero) is 3. The van der Waals surface area contributed by atoms with Crippen molar-refractivity contribution >= 4 is 29.0 Å². The van der Waals surface area contributed by atoms with Gasteiger partial charge in [0.1, 0.15) is 5.92 Å². The van der Waals surface area contributed by atoms with Crippen molar-refractivity contribution in [2.75, 3.05) is 0 Å². The van der Waals surface area contributed by atoms with Gasteiger partial charge in [-0.1, -0.05) is 17.7 Å². The molecule has 1 aromatic carbocycles. The van der Waals surface area contributed by atoms with Crippen LogP contribution in [0.3, 0.4) is 0 Å². The first-order valence-electron chi connectivity index (χ1n) is 6.87. The number of carbonyl (C=O) groups is 3. The van der Waals surface area contributed by atoms with Crippen LogP contribution >= 0.6 is 11.6 Å². The zero-order chi connectivity index (χ0) is 14.4.